The van der Waals surface area contributed by atoms with Gasteiger partial charge in [0.2, 0.25) is 0 Å². The smallest absolute Gasteiger partial charge is 0.150 e. The maximum atomic E-state index is 5.41. The van der Waals surface area contributed by atoms with E-state index in [2.05, 4.69) is 53.8 Å². The van der Waals surface area contributed by atoms with Crippen molar-refractivity contribution in [2.75, 3.05) is 38.3 Å². The van der Waals surface area contributed by atoms with E-state index in [1.54, 1.807) is 18.4 Å². The van der Waals surface area contributed by atoms with E-state index < -0.39 is 0 Å². The Morgan fingerprint density at radius 1 is 1.13 bits per heavy atom. The lowest BCUT2D eigenvalue weighted by Crippen LogP contribution is -2.37. The summed E-state index contributed by atoms with van der Waals surface area (Å²) >= 11 is 1.78. The van der Waals surface area contributed by atoms with Gasteiger partial charge in [-0.1, -0.05) is 50.6 Å². The normalized spacial score (nSPS) is 13.6. The van der Waals surface area contributed by atoms with Crippen LogP contribution in [0.5, 0.6) is 0 Å². The SMILES string of the molecule is CC.CCc1nc(N2CCOCC2)c2sc(C)cc2n1.CN=Cc1cccc(C)c1. The lowest BCUT2D eigenvalue weighted by Gasteiger charge is -2.28. The highest BCUT2D eigenvalue weighted by atomic mass is 32.1. The first kappa shape index (κ1) is 24.0. The van der Waals surface area contributed by atoms with Gasteiger partial charge in [0.1, 0.15) is 5.82 Å². The highest BCUT2D eigenvalue weighted by Gasteiger charge is 2.18. The van der Waals surface area contributed by atoms with Crippen LogP contribution in [0.25, 0.3) is 10.2 Å². The van der Waals surface area contributed by atoms with Gasteiger partial charge in [-0.15, -0.1) is 11.3 Å². The minimum atomic E-state index is 0.789. The van der Waals surface area contributed by atoms with Gasteiger partial charge in [-0.25, -0.2) is 9.97 Å². The van der Waals surface area contributed by atoms with Crippen molar-refractivity contribution in [2.24, 2.45) is 4.99 Å². The molecule has 2 aromatic heterocycles. The second kappa shape index (κ2) is 12.4. The van der Waals surface area contributed by atoms with Crippen molar-refractivity contribution in [3.05, 3.63) is 52.2 Å². The van der Waals surface area contributed by atoms with E-state index in [1.165, 1.54) is 20.7 Å². The number of thiophene rings is 1. The third kappa shape index (κ3) is 6.61. The minimum Gasteiger partial charge on any atom is -0.378 e. The van der Waals surface area contributed by atoms with Crippen molar-refractivity contribution in [3.63, 3.8) is 0 Å². The van der Waals surface area contributed by atoms with Gasteiger partial charge in [0, 0.05) is 37.6 Å². The van der Waals surface area contributed by atoms with Crippen molar-refractivity contribution >= 4 is 33.6 Å². The summed E-state index contributed by atoms with van der Waals surface area (Å²) in [6.07, 6.45) is 2.73. The Bertz CT molecular complexity index is 946. The number of rotatable bonds is 3. The molecule has 0 atom stereocenters. The number of aromatic nitrogens is 2. The standard InChI is InChI=1S/C13H17N3OS.C9H11N.C2H6/c1-3-11-14-10-8-9(2)18-12(10)13(15-11)16-4-6-17-7-5-16;1-8-4-3-5-9(6-8)7-10-2;1-2/h8H,3-7H2,1-2H3;3-7H,1-2H3;1-2H3. The summed E-state index contributed by atoms with van der Waals surface area (Å²) in [4.78, 5) is 16.9. The van der Waals surface area contributed by atoms with Gasteiger partial charge in [-0.05, 0) is 25.5 Å². The van der Waals surface area contributed by atoms with Crippen LogP contribution in [-0.4, -0.2) is 49.5 Å². The lowest BCUT2D eigenvalue weighted by atomic mass is 10.2. The van der Waals surface area contributed by atoms with Crippen molar-refractivity contribution in [1.29, 1.82) is 0 Å². The molecular formula is C24H34N4OS. The van der Waals surface area contributed by atoms with Gasteiger partial charge in [0.15, 0.2) is 5.82 Å². The number of hydrogen-bond acceptors (Lipinski definition) is 6. The van der Waals surface area contributed by atoms with Crippen LogP contribution in [0, 0.1) is 13.8 Å². The molecule has 0 bridgehead atoms. The first-order chi connectivity index (χ1) is 14.6. The molecule has 0 spiro atoms. The Morgan fingerprint density at radius 2 is 1.87 bits per heavy atom. The summed E-state index contributed by atoms with van der Waals surface area (Å²) in [5, 5.41) is 0. The van der Waals surface area contributed by atoms with E-state index in [-0.39, 0.29) is 0 Å². The van der Waals surface area contributed by atoms with E-state index in [9.17, 15) is 0 Å². The first-order valence-corrected chi connectivity index (χ1v) is 11.5. The number of ether oxygens (including phenoxy) is 1. The van der Waals surface area contributed by atoms with E-state index >= 15 is 0 Å². The number of fused-ring (bicyclic) bond motifs is 1. The molecule has 3 aromatic rings. The number of benzene rings is 1. The lowest BCUT2D eigenvalue weighted by molar-refractivity contribution is 0.122. The quantitative estimate of drug-likeness (QED) is 0.521. The van der Waals surface area contributed by atoms with Crippen LogP contribution in [0.2, 0.25) is 0 Å². The molecule has 162 valence electrons. The zero-order valence-electron chi connectivity index (χ0n) is 19.1. The molecule has 1 saturated heterocycles. The maximum Gasteiger partial charge on any atom is 0.150 e. The molecule has 0 N–H and O–H groups in total. The van der Waals surface area contributed by atoms with Gasteiger partial charge < -0.3 is 9.64 Å². The Hall–Kier alpha value is -2.31. The van der Waals surface area contributed by atoms with Crippen molar-refractivity contribution < 1.29 is 4.74 Å². The molecule has 6 heteroatoms. The Morgan fingerprint density at radius 3 is 2.50 bits per heavy atom. The molecule has 0 amide bonds. The van der Waals surface area contributed by atoms with E-state index in [4.69, 9.17) is 9.72 Å². The second-order valence-corrected chi connectivity index (χ2v) is 8.05. The highest BCUT2D eigenvalue weighted by Crippen LogP contribution is 2.32. The Labute approximate surface area is 184 Å². The summed E-state index contributed by atoms with van der Waals surface area (Å²) in [6.45, 7) is 13.7. The molecule has 1 aliphatic heterocycles. The molecule has 0 aliphatic carbocycles. The fourth-order valence-corrected chi connectivity index (χ4v) is 4.10. The summed E-state index contributed by atoms with van der Waals surface area (Å²) in [5.74, 6) is 2.03. The van der Waals surface area contributed by atoms with Gasteiger partial charge in [0.05, 0.1) is 23.4 Å². The fraction of sp³-hybridized carbons (Fsp3) is 0.458. The summed E-state index contributed by atoms with van der Waals surface area (Å²) < 4.78 is 6.63. The molecule has 5 nitrogen and oxygen atoms in total. The van der Waals surface area contributed by atoms with Crippen LogP contribution in [0.15, 0.2) is 35.3 Å². The number of morpholine rings is 1. The molecule has 1 aromatic carbocycles. The molecule has 0 unspecified atom stereocenters. The predicted octanol–water partition coefficient (Wildman–Crippen LogP) is 5.47. The fourth-order valence-electron chi connectivity index (χ4n) is 3.13. The molecular weight excluding hydrogens is 392 g/mol. The van der Waals surface area contributed by atoms with Crippen LogP contribution < -0.4 is 4.90 Å². The largest absolute Gasteiger partial charge is 0.378 e. The predicted molar refractivity (Wildman–Crippen MR) is 131 cm³/mol. The molecule has 0 saturated carbocycles. The van der Waals surface area contributed by atoms with Gasteiger partial charge in [-0.2, -0.15) is 0 Å². The van der Waals surface area contributed by atoms with E-state index in [0.29, 0.717) is 0 Å². The van der Waals surface area contributed by atoms with Gasteiger partial charge in [0.25, 0.3) is 0 Å². The van der Waals surface area contributed by atoms with Crippen molar-refractivity contribution in [3.8, 4) is 0 Å². The summed E-state index contributed by atoms with van der Waals surface area (Å²) in [5.41, 5.74) is 3.53. The van der Waals surface area contributed by atoms with Crippen LogP contribution in [-0.2, 0) is 11.2 Å². The van der Waals surface area contributed by atoms with Crippen LogP contribution in [0.3, 0.4) is 0 Å². The monoisotopic (exact) mass is 426 g/mol. The number of aryl methyl sites for hydroxylation is 3. The number of anilines is 1. The second-order valence-electron chi connectivity index (χ2n) is 6.79. The van der Waals surface area contributed by atoms with Crippen LogP contribution >= 0.6 is 11.3 Å². The van der Waals surface area contributed by atoms with Crippen molar-refractivity contribution in [1.82, 2.24) is 9.97 Å². The summed E-state index contributed by atoms with van der Waals surface area (Å²) in [7, 11) is 1.78. The molecule has 30 heavy (non-hydrogen) atoms. The van der Waals surface area contributed by atoms with Gasteiger partial charge >= 0.3 is 0 Å². The molecule has 1 fully saturated rings. The van der Waals surface area contributed by atoms with Gasteiger partial charge in [-0.3, -0.25) is 4.99 Å². The van der Waals surface area contributed by atoms with Crippen LogP contribution in [0.4, 0.5) is 5.82 Å². The molecule has 4 rings (SSSR count). The average Bonchev–Trinajstić information content (AvgIpc) is 3.16. The van der Waals surface area contributed by atoms with Crippen molar-refractivity contribution in [2.45, 2.75) is 41.0 Å². The maximum absolute atomic E-state index is 5.41. The molecule has 3 heterocycles. The topological polar surface area (TPSA) is 50.6 Å². The number of nitrogens with zero attached hydrogens (tertiary/aromatic N) is 4. The summed E-state index contributed by atoms with van der Waals surface area (Å²) in [6, 6.07) is 10.4. The highest BCUT2D eigenvalue weighted by molar-refractivity contribution is 7.19. The first-order valence-electron chi connectivity index (χ1n) is 10.7. The Balaban J connectivity index is 0.000000228. The zero-order chi connectivity index (χ0) is 21.9. The molecule has 1 aliphatic rings. The number of hydrogen-bond donors (Lipinski definition) is 0. The Kier molecular flexibility index (Phi) is 9.91. The molecule has 0 radical (unpaired) electrons. The third-order valence-electron chi connectivity index (χ3n) is 4.47. The zero-order valence-corrected chi connectivity index (χ0v) is 19.9. The minimum absolute atomic E-state index is 0.789. The van der Waals surface area contributed by atoms with E-state index in [1.807, 2.05) is 32.2 Å². The third-order valence-corrected chi connectivity index (χ3v) is 5.51. The van der Waals surface area contributed by atoms with E-state index in [0.717, 1.165) is 49.9 Å². The van der Waals surface area contributed by atoms with Crippen LogP contribution in [0.1, 0.15) is 42.6 Å². The average molecular weight is 427 g/mol. The number of aliphatic imine (C=N–C) groups is 1.